The molecule has 0 spiro atoms. The van der Waals surface area contributed by atoms with Gasteiger partial charge in [0.1, 0.15) is 10.6 Å². The molecule has 2 aromatic heterocycles. The number of ether oxygens (including phenoxy) is 3. The van der Waals surface area contributed by atoms with E-state index in [-0.39, 0.29) is 41.2 Å². The van der Waals surface area contributed by atoms with Crippen molar-refractivity contribution in [1.29, 1.82) is 0 Å². The predicted octanol–water partition coefficient (Wildman–Crippen LogP) is 3.11. The Labute approximate surface area is 372 Å². The van der Waals surface area contributed by atoms with Gasteiger partial charge in [-0.3, -0.25) is 34.3 Å². The van der Waals surface area contributed by atoms with E-state index in [0.717, 1.165) is 19.9 Å². The Hall–Kier alpha value is -5.66. The zero-order valence-corrected chi connectivity index (χ0v) is 37.2. The van der Waals surface area contributed by atoms with Crippen LogP contribution >= 0.6 is 42.4 Å². The molecule has 1 aliphatic carbocycles. The summed E-state index contributed by atoms with van der Waals surface area (Å²) in [4.78, 5) is 95.2. The molecule has 0 fully saturated rings. The fourth-order valence-electron chi connectivity index (χ4n) is 5.39. The van der Waals surface area contributed by atoms with Gasteiger partial charge >= 0.3 is 31.5 Å². The predicted molar refractivity (Wildman–Crippen MR) is 222 cm³/mol. The van der Waals surface area contributed by atoms with Gasteiger partial charge in [0.2, 0.25) is 17.7 Å². The number of anilines is 2. The third-order valence-electron chi connectivity index (χ3n) is 7.94. The summed E-state index contributed by atoms with van der Waals surface area (Å²) in [7, 11) is -4.95. The van der Waals surface area contributed by atoms with Crippen LogP contribution in [0.5, 0.6) is 11.8 Å². The number of nitrogens with one attached hydrogen (secondary N) is 3. The van der Waals surface area contributed by atoms with Crippen LogP contribution in [-0.4, -0.2) is 118 Å². The molecule has 0 radical (unpaired) electrons. The van der Waals surface area contributed by atoms with Crippen molar-refractivity contribution in [3.63, 3.8) is 0 Å². The quantitative estimate of drug-likeness (QED) is 0.0528. The minimum atomic E-state index is -4.64. The number of carbonyl (C=O) groups is 6. The molecular weight excluding hydrogens is 946 g/mol. The lowest BCUT2D eigenvalue weighted by Gasteiger charge is -2.16. The fourth-order valence-corrected chi connectivity index (χ4v) is 7.71. The highest BCUT2D eigenvalue weighted by molar-refractivity contribution is 7.90. The molecule has 24 nitrogen and oxygen atoms in total. The number of hydrogen-bond acceptors (Lipinski definition) is 16. The number of aryl methyl sites for hydroxylation is 1. The highest BCUT2D eigenvalue weighted by Gasteiger charge is 2.40. The number of imide groups is 1. The number of aromatic carboxylic acids is 1. The number of hydrogen-bond donors (Lipinski definition) is 7. The summed E-state index contributed by atoms with van der Waals surface area (Å²) >= 11 is 17.8. The molecule has 63 heavy (non-hydrogen) atoms. The van der Waals surface area contributed by atoms with Crippen molar-refractivity contribution in [3.05, 3.63) is 61.7 Å². The third-order valence-corrected chi connectivity index (χ3v) is 10.9. The largest absolute Gasteiger partial charge is 0.481 e. The van der Waals surface area contributed by atoms with Gasteiger partial charge in [-0.05, 0) is 62.4 Å². The van der Waals surface area contributed by atoms with E-state index < -0.39 is 70.1 Å². The number of carboxylic acids is 2. The molecule has 2 aliphatic rings. The maximum Gasteiger partial charge on any atom is 0.349 e. The molecule has 5 rings (SSSR count). The van der Waals surface area contributed by atoms with Gasteiger partial charge in [-0.25, -0.2) is 24.0 Å². The van der Waals surface area contributed by atoms with Crippen LogP contribution in [0, 0.1) is 0 Å². The van der Waals surface area contributed by atoms with E-state index in [4.69, 9.17) is 69.0 Å². The molecule has 0 bridgehead atoms. The van der Waals surface area contributed by atoms with Crippen LogP contribution in [0.4, 0.5) is 16.4 Å². The van der Waals surface area contributed by atoms with Crippen LogP contribution in [0.2, 0.25) is 10.2 Å². The summed E-state index contributed by atoms with van der Waals surface area (Å²) in [6.07, 6.45) is 3.85. The minimum absolute atomic E-state index is 0.0478. The number of aromatic nitrogens is 4. The van der Waals surface area contributed by atoms with E-state index in [1.165, 1.54) is 31.3 Å². The second-order valence-corrected chi connectivity index (χ2v) is 16.8. The maximum absolute atomic E-state index is 12.7. The molecule has 1 aliphatic heterocycles. The lowest BCUT2D eigenvalue weighted by molar-refractivity contribution is -0.138. The Morgan fingerprint density at radius 2 is 1.54 bits per heavy atom. The maximum atomic E-state index is 12.7. The van der Waals surface area contributed by atoms with Crippen molar-refractivity contribution in [2.75, 3.05) is 43.9 Å². The van der Waals surface area contributed by atoms with Crippen LogP contribution in [0.1, 0.15) is 48.5 Å². The molecular formula is C34H38Cl3N8O16PS. The molecule has 7 N–H and O–H groups in total. The first-order valence-electron chi connectivity index (χ1n) is 17.6. The summed E-state index contributed by atoms with van der Waals surface area (Å²) in [5.41, 5.74) is 1.26. The Bertz CT molecular complexity index is 2460. The SMILES string of the molecule is CCOC(=O)/C(Cl)=C/c1cc(N2C(=O)C3=C(CCCC3)C2=O)ccc1Cl.COc1cc(OC)nc(NC(=O)NS(=O)(=O)c2c(C(=O)O)c(Cl)nn2C)n1.O=C(O)CNCP(=O)(O)O. The van der Waals surface area contributed by atoms with Crippen molar-refractivity contribution in [3.8, 4) is 11.8 Å². The standard InChI is InChI=1S/C19H17Cl2NO4.C12H13ClN6O7S.C3H8NO5P/c1-2-26-19(25)16(21)10-11-9-12(7-8-15(11)20)22-17(23)13-5-3-4-6-14(13)18(22)24;1-19-9(7(10(20)21)8(13)17-19)27(23,24)18-12(22)16-11-14-5(25-2)4-6(15-11)26-3;5-3(6)1-4-2-10(7,8)9/h7-10H,2-6H2,1H3;4H,1-3H3,(H,20,21)(H2,14,15,16,18,22);4H,1-2H2,(H,5,6)(H2,7,8,9)/b16-10-;;. The number of nitrogens with zero attached hydrogens (tertiary/aromatic N) is 5. The number of esters is 1. The molecule has 0 saturated carbocycles. The Morgan fingerprint density at radius 3 is 2.03 bits per heavy atom. The first-order valence-corrected chi connectivity index (χ1v) is 22.0. The van der Waals surface area contributed by atoms with Gasteiger partial charge in [0.25, 0.3) is 21.8 Å². The van der Waals surface area contributed by atoms with E-state index in [1.807, 2.05) is 0 Å². The zero-order chi connectivity index (χ0) is 47.4. The summed E-state index contributed by atoms with van der Waals surface area (Å²) in [5, 5.41) is 23.6. The lowest BCUT2D eigenvalue weighted by atomic mass is 9.93. The van der Waals surface area contributed by atoms with Gasteiger partial charge in [0, 0.05) is 23.2 Å². The molecule has 0 unspecified atom stereocenters. The van der Waals surface area contributed by atoms with Gasteiger partial charge in [0.15, 0.2) is 10.2 Å². The average molecular weight is 984 g/mol. The Balaban J connectivity index is 0.000000277. The monoisotopic (exact) mass is 982 g/mol. The molecule has 3 heterocycles. The van der Waals surface area contributed by atoms with Crippen LogP contribution in [0.3, 0.4) is 0 Å². The van der Waals surface area contributed by atoms with Crippen LogP contribution < -0.4 is 29.7 Å². The van der Waals surface area contributed by atoms with Gasteiger partial charge in [0.05, 0.1) is 45.4 Å². The highest BCUT2D eigenvalue weighted by Crippen LogP contribution is 2.37. The van der Waals surface area contributed by atoms with E-state index >= 15 is 0 Å². The fraction of sp³-hybridized carbons (Fsp3) is 0.324. The number of sulfonamides is 1. The number of aliphatic carboxylic acids is 1. The van der Waals surface area contributed by atoms with E-state index in [2.05, 4.69) is 25.7 Å². The molecule has 3 aromatic rings. The number of carbonyl (C=O) groups excluding carboxylic acids is 4. The summed E-state index contributed by atoms with van der Waals surface area (Å²) in [5.74, 6) is -4.22. The number of benzene rings is 1. The Morgan fingerprint density at radius 1 is 0.968 bits per heavy atom. The normalized spacial score (nSPS) is 13.8. The molecule has 1 aromatic carbocycles. The molecule has 29 heteroatoms. The van der Waals surface area contributed by atoms with Crippen LogP contribution in [0.25, 0.3) is 6.08 Å². The minimum Gasteiger partial charge on any atom is -0.481 e. The number of amides is 4. The number of urea groups is 1. The van der Waals surface area contributed by atoms with Crippen molar-refractivity contribution in [2.45, 2.75) is 37.6 Å². The Kier molecular flexibility index (Phi) is 18.6. The van der Waals surface area contributed by atoms with Gasteiger partial charge in [-0.15, -0.1) is 0 Å². The smallest absolute Gasteiger partial charge is 0.349 e. The second kappa shape index (κ2) is 22.6. The van der Waals surface area contributed by atoms with E-state index in [9.17, 15) is 41.8 Å². The molecule has 0 atom stereocenters. The third kappa shape index (κ3) is 14.4. The summed E-state index contributed by atoms with van der Waals surface area (Å²) < 4.78 is 51.8. The number of methoxy groups -OCH3 is 2. The summed E-state index contributed by atoms with van der Waals surface area (Å²) in [6.45, 7) is 1.44. The molecule has 342 valence electrons. The van der Waals surface area contributed by atoms with Crippen molar-refractivity contribution in [1.82, 2.24) is 29.8 Å². The van der Waals surface area contributed by atoms with Gasteiger partial charge in [-0.1, -0.05) is 34.8 Å². The van der Waals surface area contributed by atoms with Crippen molar-refractivity contribution >= 4 is 106 Å². The zero-order valence-electron chi connectivity index (χ0n) is 33.2. The first-order chi connectivity index (χ1) is 29.4. The van der Waals surface area contributed by atoms with E-state index in [0.29, 0.717) is 44.9 Å². The molecule has 4 amide bonds. The van der Waals surface area contributed by atoms with Crippen molar-refractivity contribution in [2.24, 2.45) is 7.05 Å². The van der Waals surface area contributed by atoms with E-state index in [1.54, 1.807) is 29.8 Å². The van der Waals surface area contributed by atoms with Gasteiger partial charge < -0.3 is 34.2 Å². The van der Waals surface area contributed by atoms with Gasteiger partial charge in [-0.2, -0.15) is 23.5 Å². The lowest BCUT2D eigenvalue weighted by Crippen LogP contribution is -2.36. The average Bonchev–Trinajstić information content (AvgIpc) is 3.65. The second-order valence-electron chi connectivity index (χ2n) is 12.4. The first kappa shape index (κ1) is 51.7. The number of halogens is 3. The topological polar surface area (TPSA) is 345 Å². The molecule has 0 saturated heterocycles. The summed E-state index contributed by atoms with van der Waals surface area (Å²) in [6, 6.07) is 4.80. The highest BCUT2D eigenvalue weighted by atomic mass is 35.5. The van der Waals surface area contributed by atoms with Crippen LogP contribution in [0.15, 0.2) is 45.5 Å². The number of rotatable bonds is 14. The van der Waals surface area contributed by atoms with Crippen molar-refractivity contribution < 1.29 is 76.0 Å². The van der Waals surface area contributed by atoms with Crippen LogP contribution in [-0.2, 0) is 45.6 Å². The number of carboxylic acid groups (broad SMARTS) is 2.